The Morgan fingerprint density at radius 3 is 2.75 bits per heavy atom. The first-order valence-electron chi connectivity index (χ1n) is 8.18. The number of nitrogens with one attached hydrogen (secondary N) is 1. The van der Waals surface area contributed by atoms with E-state index < -0.39 is 5.72 Å². The lowest BCUT2D eigenvalue weighted by Crippen LogP contribution is -2.65. The third kappa shape index (κ3) is 2.35. The standard InChI is InChI=1S/C19H19FN2OS/c1-3-12-4-9-17-15(10-12)16-11-19(2,23-17)22(18(24)21-16)14-7-5-13(20)6-8-14/h4-10,16H,3,11H2,1-2H3,(H,21,24)/t16-,19-/m1/s1. The topological polar surface area (TPSA) is 24.5 Å². The van der Waals surface area contributed by atoms with E-state index in [1.165, 1.54) is 17.7 Å². The van der Waals surface area contributed by atoms with Gasteiger partial charge in [0.2, 0.25) is 0 Å². The predicted octanol–water partition coefficient (Wildman–Crippen LogP) is 4.32. The molecule has 5 heteroatoms. The van der Waals surface area contributed by atoms with Gasteiger partial charge in [0.1, 0.15) is 11.6 Å². The van der Waals surface area contributed by atoms with Crippen molar-refractivity contribution in [3.63, 3.8) is 0 Å². The van der Waals surface area contributed by atoms with E-state index in [-0.39, 0.29) is 11.9 Å². The molecule has 2 aromatic rings. The highest BCUT2D eigenvalue weighted by atomic mass is 32.1. The minimum atomic E-state index is -0.592. The Bertz CT molecular complexity index is 808. The van der Waals surface area contributed by atoms with E-state index >= 15 is 0 Å². The Labute approximate surface area is 146 Å². The number of hydrogen-bond donors (Lipinski definition) is 1. The molecule has 1 N–H and O–H groups in total. The lowest BCUT2D eigenvalue weighted by molar-refractivity contribution is 0.0497. The van der Waals surface area contributed by atoms with Crippen molar-refractivity contribution in [3.05, 3.63) is 59.4 Å². The van der Waals surface area contributed by atoms with E-state index in [4.69, 9.17) is 17.0 Å². The van der Waals surface area contributed by atoms with Gasteiger partial charge in [0.25, 0.3) is 0 Å². The smallest absolute Gasteiger partial charge is 0.188 e. The van der Waals surface area contributed by atoms with Gasteiger partial charge < -0.3 is 10.1 Å². The van der Waals surface area contributed by atoms with Crippen LogP contribution in [0.25, 0.3) is 0 Å². The first-order chi connectivity index (χ1) is 11.5. The van der Waals surface area contributed by atoms with Crippen molar-refractivity contribution >= 4 is 23.0 Å². The number of hydrogen-bond acceptors (Lipinski definition) is 2. The van der Waals surface area contributed by atoms with E-state index in [0.29, 0.717) is 5.11 Å². The molecule has 0 amide bonds. The van der Waals surface area contributed by atoms with Crippen LogP contribution >= 0.6 is 12.2 Å². The van der Waals surface area contributed by atoms with Gasteiger partial charge in [-0.15, -0.1) is 0 Å². The summed E-state index contributed by atoms with van der Waals surface area (Å²) in [6.07, 6.45) is 1.76. The van der Waals surface area contributed by atoms with Crippen LogP contribution in [0.5, 0.6) is 5.75 Å². The molecule has 2 bridgehead atoms. The number of benzene rings is 2. The second-order valence-corrected chi connectivity index (χ2v) is 6.91. The summed E-state index contributed by atoms with van der Waals surface area (Å²) in [5.41, 5.74) is 2.68. The maximum atomic E-state index is 13.3. The van der Waals surface area contributed by atoms with Crippen LogP contribution in [-0.2, 0) is 6.42 Å². The molecule has 0 unspecified atom stereocenters. The quantitative estimate of drug-likeness (QED) is 0.822. The van der Waals surface area contributed by atoms with Crippen LogP contribution in [0.1, 0.15) is 37.4 Å². The Morgan fingerprint density at radius 2 is 2.04 bits per heavy atom. The third-order valence-corrected chi connectivity index (χ3v) is 5.13. The second-order valence-electron chi connectivity index (χ2n) is 6.52. The fourth-order valence-electron chi connectivity index (χ4n) is 3.62. The fourth-order valence-corrected chi connectivity index (χ4v) is 4.07. The SMILES string of the molecule is CCc1ccc2c(c1)[C@H]1C[C@@](C)(O2)N(c2ccc(F)cc2)C(=S)N1. The fraction of sp³-hybridized carbons (Fsp3) is 0.316. The molecule has 3 nitrogen and oxygen atoms in total. The van der Waals surface area contributed by atoms with Gasteiger partial charge in [0, 0.05) is 17.7 Å². The molecular formula is C19H19FN2OS. The highest BCUT2D eigenvalue weighted by Gasteiger charge is 2.48. The Balaban J connectivity index is 1.77. The van der Waals surface area contributed by atoms with Gasteiger partial charge in [-0.3, -0.25) is 4.90 Å². The molecule has 2 atom stereocenters. The number of anilines is 1. The molecule has 1 saturated heterocycles. The molecule has 0 radical (unpaired) electrons. The molecule has 0 aromatic heterocycles. The van der Waals surface area contributed by atoms with Crippen molar-refractivity contribution in [2.75, 3.05) is 4.90 Å². The van der Waals surface area contributed by atoms with Crippen LogP contribution in [0.3, 0.4) is 0 Å². The Kier molecular flexibility index (Phi) is 3.49. The van der Waals surface area contributed by atoms with Crippen molar-refractivity contribution in [2.45, 2.75) is 38.5 Å². The summed E-state index contributed by atoms with van der Waals surface area (Å²) < 4.78 is 19.6. The summed E-state index contributed by atoms with van der Waals surface area (Å²) >= 11 is 5.60. The zero-order valence-corrected chi connectivity index (χ0v) is 14.5. The summed E-state index contributed by atoms with van der Waals surface area (Å²) in [7, 11) is 0. The van der Waals surface area contributed by atoms with Gasteiger partial charge in [-0.1, -0.05) is 19.1 Å². The highest BCUT2D eigenvalue weighted by Crippen LogP contribution is 2.45. The molecule has 2 heterocycles. The Morgan fingerprint density at radius 1 is 1.29 bits per heavy atom. The average molecular weight is 342 g/mol. The molecule has 2 aliphatic heterocycles. The van der Waals surface area contributed by atoms with Crippen molar-refractivity contribution < 1.29 is 9.13 Å². The number of aryl methyl sites for hydroxylation is 1. The van der Waals surface area contributed by atoms with Crippen LogP contribution in [-0.4, -0.2) is 10.8 Å². The molecule has 4 rings (SSSR count). The molecule has 0 aliphatic carbocycles. The van der Waals surface area contributed by atoms with Gasteiger partial charge in [0.15, 0.2) is 10.8 Å². The first-order valence-corrected chi connectivity index (χ1v) is 8.59. The molecule has 124 valence electrons. The maximum Gasteiger partial charge on any atom is 0.188 e. The molecule has 24 heavy (non-hydrogen) atoms. The Hall–Kier alpha value is -2.14. The molecule has 0 saturated carbocycles. The summed E-state index contributed by atoms with van der Waals surface area (Å²) in [6.45, 7) is 4.18. The average Bonchev–Trinajstić information content (AvgIpc) is 2.55. The largest absolute Gasteiger partial charge is 0.467 e. The van der Waals surface area contributed by atoms with Gasteiger partial charge in [-0.25, -0.2) is 4.39 Å². The van der Waals surface area contributed by atoms with E-state index in [2.05, 4.69) is 24.4 Å². The van der Waals surface area contributed by atoms with E-state index in [1.807, 2.05) is 17.9 Å². The first kappa shape index (κ1) is 15.4. The van der Waals surface area contributed by atoms with Crippen molar-refractivity contribution in [3.8, 4) is 5.75 Å². The molecule has 2 aliphatic rings. The van der Waals surface area contributed by atoms with E-state index in [9.17, 15) is 4.39 Å². The lowest BCUT2D eigenvalue weighted by atomic mass is 9.89. The number of rotatable bonds is 2. The van der Waals surface area contributed by atoms with Crippen LogP contribution in [0.2, 0.25) is 0 Å². The molecule has 0 spiro atoms. The normalized spacial score (nSPS) is 24.9. The van der Waals surface area contributed by atoms with Gasteiger partial charge >= 0.3 is 0 Å². The summed E-state index contributed by atoms with van der Waals surface area (Å²) in [4.78, 5) is 1.94. The maximum absolute atomic E-state index is 13.3. The number of nitrogens with zero attached hydrogens (tertiary/aromatic N) is 1. The van der Waals surface area contributed by atoms with Crippen LogP contribution in [0, 0.1) is 5.82 Å². The number of thiocarbonyl (C=S) groups is 1. The number of ether oxygens (including phenoxy) is 1. The van der Waals surface area contributed by atoms with Crippen LogP contribution in [0.15, 0.2) is 42.5 Å². The lowest BCUT2D eigenvalue weighted by Gasteiger charge is -2.52. The van der Waals surface area contributed by atoms with Crippen molar-refractivity contribution in [1.82, 2.24) is 5.32 Å². The highest BCUT2D eigenvalue weighted by molar-refractivity contribution is 7.80. The van der Waals surface area contributed by atoms with E-state index in [0.717, 1.165) is 29.8 Å². The van der Waals surface area contributed by atoms with Crippen LogP contribution < -0.4 is 15.0 Å². The molecular weight excluding hydrogens is 323 g/mol. The van der Waals surface area contributed by atoms with Crippen LogP contribution in [0.4, 0.5) is 10.1 Å². The second kappa shape index (κ2) is 5.45. The van der Waals surface area contributed by atoms with Gasteiger partial charge in [-0.05, 0) is 61.5 Å². The monoisotopic (exact) mass is 342 g/mol. The van der Waals surface area contributed by atoms with Gasteiger partial charge in [-0.2, -0.15) is 0 Å². The zero-order chi connectivity index (χ0) is 16.9. The van der Waals surface area contributed by atoms with Crippen molar-refractivity contribution in [2.24, 2.45) is 0 Å². The molecule has 2 aromatic carbocycles. The molecule has 1 fully saturated rings. The predicted molar refractivity (Wildman–Crippen MR) is 96.8 cm³/mol. The van der Waals surface area contributed by atoms with Crippen molar-refractivity contribution in [1.29, 1.82) is 0 Å². The minimum Gasteiger partial charge on any atom is -0.467 e. The summed E-state index contributed by atoms with van der Waals surface area (Å²) in [5, 5.41) is 4.03. The summed E-state index contributed by atoms with van der Waals surface area (Å²) in [6, 6.07) is 12.8. The minimum absolute atomic E-state index is 0.134. The summed E-state index contributed by atoms with van der Waals surface area (Å²) in [5.74, 6) is 0.618. The zero-order valence-electron chi connectivity index (χ0n) is 13.7. The van der Waals surface area contributed by atoms with Gasteiger partial charge in [0.05, 0.1) is 6.04 Å². The number of halogens is 1. The number of fused-ring (bicyclic) bond motifs is 4. The van der Waals surface area contributed by atoms with E-state index in [1.54, 1.807) is 12.1 Å². The third-order valence-electron chi connectivity index (χ3n) is 4.83.